The summed E-state index contributed by atoms with van der Waals surface area (Å²) in [4.78, 5) is 59.1. The summed E-state index contributed by atoms with van der Waals surface area (Å²) < 4.78 is 73.4. The zero-order valence-corrected chi connectivity index (χ0v) is 98.8. The third-order valence-electron chi connectivity index (χ3n) is 25.8. The molecule has 5 saturated heterocycles. The van der Waals surface area contributed by atoms with Crippen LogP contribution in [0.4, 0.5) is 42.4 Å². The van der Waals surface area contributed by atoms with Crippen LogP contribution >= 0.6 is 79.6 Å². The number of hydrogen-bond acceptors (Lipinski definition) is 26. The van der Waals surface area contributed by atoms with Gasteiger partial charge in [0, 0.05) is 119 Å². The lowest BCUT2D eigenvalue weighted by atomic mass is 10.2. The SMILES string of the molecule is COc1cccc(CN(CCO[Si](C)(C)C(C)(C)C)C(=O)Nc2ccc(Br)cc2OCCN2CCCC2)c1.COc1cccc(CNCCO)c1.COc1cccc(CNCCO[Si](C)(C)C(C)(C)C)c1.Nc1ccc(Br)cc1OCCN1CCCC1.O=C(Nc1ccc(Br)cc1OCCN1CCCC1)Oc1ccccc1.O=[N+]([O-])c1ccc(Br)cc1F.O=[N+]([O-])c1ccc(Br)cc1OCCN1CCCC1.OCCN1CCCC1. The predicted octanol–water partition coefficient (Wildman–Crippen LogP) is 24.0. The van der Waals surface area contributed by atoms with Crippen LogP contribution in [0.25, 0.3) is 0 Å². The average molecular weight is 2420 g/mol. The highest BCUT2D eigenvalue weighted by atomic mass is 79.9. The van der Waals surface area contributed by atoms with E-state index in [9.17, 15) is 34.2 Å². The monoisotopic (exact) mass is 2420 g/mol. The number of nitrogen functional groups attached to an aromatic ring is 1. The van der Waals surface area contributed by atoms with Gasteiger partial charge in [-0.1, -0.05) is 176 Å². The minimum Gasteiger partial charge on any atom is -0.497 e. The number of hydrogen-bond donors (Lipinski definition) is 7. The van der Waals surface area contributed by atoms with Crippen LogP contribution in [0.1, 0.15) is 122 Å². The Morgan fingerprint density at radius 3 is 1.19 bits per heavy atom. The Kier molecular flexibility index (Phi) is 58.7. The zero-order valence-electron chi connectivity index (χ0n) is 88.9. The second kappa shape index (κ2) is 68.9. The molecule has 0 radical (unpaired) electrons. The molecule has 0 aromatic heterocycles. The fourth-order valence-electron chi connectivity index (χ4n) is 15.3. The van der Waals surface area contributed by atoms with Crippen molar-refractivity contribution in [3.8, 4) is 46.0 Å². The molecule has 9 aromatic carbocycles. The van der Waals surface area contributed by atoms with Crippen molar-refractivity contribution in [1.82, 2.24) is 40.0 Å². The lowest BCUT2D eigenvalue weighted by Crippen LogP contribution is -2.44. The number of anilines is 3. The Balaban J connectivity index is 0.000000240. The first-order valence-electron chi connectivity index (χ1n) is 51.0. The number of amides is 3. The van der Waals surface area contributed by atoms with Gasteiger partial charge in [0.1, 0.15) is 66.7 Å². The standard InChI is InChI=1S/C29H44BrN3O4Si.C19H21BrN2O3.C16H29NO2Si.C12H15BrN2O3.C12H17BrN2O.C10H15NO2.C6H3BrFNO2.C6H13NO/c1-29(2,3)38(5,6)37-19-17-33(22-23-10-9-11-25(20-23)35-4)28(34)31-26-13-12-24(30)21-27(26)36-18-16-32-14-7-8-15-32;20-15-8-9-17(21-19(23)25-16-6-2-1-3-7-16)18(14-15)24-13-12-22-10-4-5-11-22;1-16(2,3)20(5,6)19-11-10-17-13-14-8-7-9-15(12-14)18-4;13-10-3-4-11(15(16)17)12(9-10)18-8-7-14-5-1-2-6-14;13-10-3-4-11(14)12(9-10)16-8-7-15-5-1-2-6-15;1-13-10-4-2-3-9(7-10)8-11-5-6-12;7-4-1-2-6(9(10)11)5(8)3-4;8-6-5-7-3-1-2-4-7/h9-13,20-21H,7-8,14-19,22H2,1-6H3,(H,31,34);1-3,6-9,14H,4-5,10-13H2,(H,21,23);7-9,12,17H,10-11,13H2,1-6H3;3-4,9H,1-2,5-8H2;3-4,9H,1-2,5-8,14H2;2-4,7,11-12H,5-6,8H2,1H3;1-3H;8H,1-6H2. The number of para-hydroxylation sites is 1. The first-order valence-corrected chi connectivity index (χ1v) is 60.8. The summed E-state index contributed by atoms with van der Waals surface area (Å²) in [5.74, 6) is 4.58. The number of nitro benzene ring substituents is 2. The fraction of sp³-hybridized carbons (Fsp3) is 0.491. The summed E-state index contributed by atoms with van der Waals surface area (Å²) in [5.41, 5.74) is 10.7. The number of methoxy groups -OCH3 is 3. The summed E-state index contributed by atoms with van der Waals surface area (Å²) in [6.45, 7) is 46.6. The number of urea groups is 1. The van der Waals surface area contributed by atoms with Gasteiger partial charge in [-0.2, -0.15) is 4.39 Å². The van der Waals surface area contributed by atoms with Gasteiger partial charge < -0.3 is 88.4 Å². The Labute approximate surface area is 925 Å². The number of carbonyl (C=O) groups is 2. The predicted molar refractivity (Wildman–Crippen MR) is 617 cm³/mol. The number of ether oxygens (including phenoxy) is 8. The van der Waals surface area contributed by atoms with E-state index < -0.39 is 44.1 Å². The van der Waals surface area contributed by atoms with Crippen LogP contribution in [0.5, 0.6) is 46.0 Å². The number of likely N-dealkylation sites (tertiary alicyclic amines) is 5. The number of benzene rings is 9. The highest BCUT2D eigenvalue weighted by Crippen LogP contribution is 2.39. The number of nitrogens with two attached hydrogens (primary N) is 1. The second-order valence-corrected chi connectivity index (χ2v) is 53.3. The summed E-state index contributed by atoms with van der Waals surface area (Å²) in [5, 5.41) is 50.7. The van der Waals surface area contributed by atoms with Crippen LogP contribution in [-0.2, 0) is 28.5 Å². The molecule has 31 nitrogen and oxygen atoms in total. The van der Waals surface area contributed by atoms with Crippen LogP contribution in [0.15, 0.2) is 216 Å². The highest BCUT2D eigenvalue weighted by molar-refractivity contribution is 9.11. The Morgan fingerprint density at radius 1 is 0.416 bits per heavy atom. The first kappa shape index (κ1) is 127. The molecule has 149 heavy (non-hydrogen) atoms. The molecule has 5 aliphatic heterocycles. The number of aliphatic hydroxyl groups is 2. The molecule has 3 amide bonds. The van der Waals surface area contributed by atoms with E-state index >= 15 is 0 Å². The van der Waals surface area contributed by atoms with Crippen LogP contribution in [-0.4, -0.2) is 270 Å². The van der Waals surface area contributed by atoms with Crippen molar-refractivity contribution in [2.24, 2.45) is 0 Å². The Morgan fingerprint density at radius 2 is 0.772 bits per heavy atom. The van der Waals surface area contributed by atoms with Gasteiger partial charge >= 0.3 is 23.5 Å². The third-order valence-corrected chi connectivity index (χ3v) is 37.3. The van der Waals surface area contributed by atoms with E-state index in [-0.39, 0.29) is 28.4 Å². The largest absolute Gasteiger partial charge is 0.497 e. The maximum atomic E-state index is 13.6. The maximum absolute atomic E-state index is 13.6. The molecule has 5 heterocycles. The normalized spacial score (nSPS) is 14.2. The summed E-state index contributed by atoms with van der Waals surface area (Å²) in [7, 11) is 1.45. The van der Waals surface area contributed by atoms with Crippen LogP contribution in [0, 0.1) is 26.0 Å². The van der Waals surface area contributed by atoms with Crippen molar-refractivity contribution in [3.63, 3.8) is 0 Å². The average Bonchev–Trinajstić information content (AvgIpc) is 1.84. The number of nitrogens with zero attached hydrogens (tertiary/aromatic N) is 8. The zero-order chi connectivity index (χ0) is 109. The number of β-amino-alcohol motifs (C(OH)–C–C–N with tert-alkyl or cyclic N) is 1. The van der Waals surface area contributed by atoms with Gasteiger partial charge in [0.25, 0.3) is 0 Å². The van der Waals surface area contributed by atoms with Crippen molar-refractivity contribution in [2.45, 2.75) is 162 Å². The summed E-state index contributed by atoms with van der Waals surface area (Å²) >= 11 is 16.7. The van der Waals surface area contributed by atoms with Gasteiger partial charge in [0.15, 0.2) is 22.4 Å². The molecule has 0 saturated carbocycles. The molecule has 9 aromatic rings. The number of nitro groups is 2. The molecule has 820 valence electrons. The molecule has 0 atom stereocenters. The molecule has 0 aliphatic carbocycles. The first-order chi connectivity index (χ1) is 71.3. The number of rotatable bonds is 42. The van der Waals surface area contributed by atoms with Crippen molar-refractivity contribution in [2.75, 3.05) is 208 Å². The molecule has 0 bridgehead atoms. The number of aliphatic hydroxyl groups excluding tert-OH is 2. The van der Waals surface area contributed by atoms with E-state index in [2.05, 4.69) is 205 Å². The smallest absolute Gasteiger partial charge is 0.417 e. The lowest BCUT2D eigenvalue weighted by molar-refractivity contribution is -0.387. The van der Waals surface area contributed by atoms with Gasteiger partial charge in [-0.3, -0.25) is 45.1 Å². The Hall–Kier alpha value is -8.96. The van der Waals surface area contributed by atoms with Crippen LogP contribution in [0.2, 0.25) is 36.3 Å². The van der Waals surface area contributed by atoms with E-state index in [1.807, 2.05) is 127 Å². The second-order valence-electron chi connectivity index (χ2n) is 39.1. The topological polar surface area (TPSA) is 347 Å². The molecule has 14 rings (SSSR count). The molecule has 5 fully saturated rings. The summed E-state index contributed by atoms with van der Waals surface area (Å²) in [6.07, 6.45) is 12.2. The molecular weight excluding hydrogens is 2270 g/mol. The van der Waals surface area contributed by atoms with Crippen molar-refractivity contribution in [3.05, 3.63) is 259 Å². The van der Waals surface area contributed by atoms with Gasteiger partial charge in [-0.25, -0.2) is 9.59 Å². The van der Waals surface area contributed by atoms with Gasteiger partial charge in [0.05, 0.1) is 68.1 Å². The van der Waals surface area contributed by atoms with Crippen molar-refractivity contribution < 1.29 is 80.8 Å². The molecule has 8 N–H and O–H groups in total. The van der Waals surface area contributed by atoms with Gasteiger partial charge in [-0.05, 0) is 304 Å². The third kappa shape index (κ3) is 49.8. The van der Waals surface area contributed by atoms with Crippen molar-refractivity contribution in [1.29, 1.82) is 0 Å². The van der Waals surface area contributed by atoms with Gasteiger partial charge in [0.2, 0.25) is 5.82 Å². The molecule has 0 unspecified atom stereocenters. The number of nitrogens with one attached hydrogen (secondary N) is 4. The van der Waals surface area contributed by atoms with Crippen LogP contribution < -0.4 is 64.9 Å². The van der Waals surface area contributed by atoms with E-state index in [0.717, 1.165) is 162 Å². The van der Waals surface area contributed by atoms with E-state index in [0.29, 0.717) is 104 Å². The quantitative estimate of drug-likeness (QED) is 0.00614. The molecule has 0 spiro atoms. The van der Waals surface area contributed by atoms with Gasteiger partial charge in [-0.15, -0.1) is 0 Å². The van der Waals surface area contributed by atoms with Crippen LogP contribution in [0.3, 0.4) is 0 Å². The molecular formula is C110H157Br5FN13O18Si2. The molecule has 5 aliphatic rings. The lowest BCUT2D eigenvalue weighted by Gasteiger charge is -2.36. The molecule has 39 heteroatoms. The van der Waals surface area contributed by atoms with E-state index in [4.69, 9.17) is 62.7 Å². The highest BCUT2D eigenvalue weighted by Gasteiger charge is 2.38. The number of halogens is 6. The maximum Gasteiger partial charge on any atom is 0.417 e. The summed E-state index contributed by atoms with van der Waals surface area (Å²) in [6, 6.07) is 57.8. The van der Waals surface area contributed by atoms with E-state index in [1.54, 1.807) is 56.6 Å². The van der Waals surface area contributed by atoms with E-state index in [1.165, 1.54) is 108 Å². The fourth-order valence-corrected chi connectivity index (χ4v) is 19.0. The number of carbonyl (C=O) groups excluding carboxylic acids is 2. The minimum absolute atomic E-state index is 0.0135. The van der Waals surface area contributed by atoms with Crippen molar-refractivity contribution >= 4 is 137 Å². The Bertz CT molecular complexity index is 5410. The minimum atomic E-state index is -1.94.